The van der Waals surface area contributed by atoms with Gasteiger partial charge in [-0.05, 0) is 23.8 Å². The van der Waals surface area contributed by atoms with E-state index in [9.17, 15) is 22.4 Å². The molecule has 7 heteroatoms. The van der Waals surface area contributed by atoms with E-state index in [0.29, 0.717) is 11.6 Å². The van der Waals surface area contributed by atoms with E-state index in [0.717, 1.165) is 23.9 Å². The molecule has 2 aromatic rings. The standard InChI is InChI=1S/C20H15F4NOS/c1-2-10-25-19-16(12-6-5-7-13(11-12)20(22,23)24)17(26)18(27-19)14-8-3-4-9-15(14)21/h2-9,11,18,25H,1,10H2. The number of nitrogens with one attached hydrogen (secondary N) is 1. The number of allylic oxidation sites excluding steroid dienone is 1. The fourth-order valence-electron chi connectivity index (χ4n) is 2.79. The Labute approximate surface area is 158 Å². The van der Waals surface area contributed by atoms with E-state index >= 15 is 0 Å². The molecule has 3 rings (SSSR count). The number of halogens is 4. The number of alkyl halides is 3. The lowest BCUT2D eigenvalue weighted by Crippen LogP contribution is -2.12. The van der Waals surface area contributed by atoms with Gasteiger partial charge in [0.15, 0.2) is 5.78 Å². The fraction of sp³-hybridized carbons (Fsp3) is 0.150. The normalized spacial score (nSPS) is 17.3. The predicted molar refractivity (Wildman–Crippen MR) is 98.3 cm³/mol. The first-order chi connectivity index (χ1) is 12.8. The van der Waals surface area contributed by atoms with Crippen molar-refractivity contribution in [2.45, 2.75) is 11.4 Å². The summed E-state index contributed by atoms with van der Waals surface area (Å²) in [5, 5.41) is 2.54. The molecule has 0 fully saturated rings. The molecule has 1 aliphatic heterocycles. The summed E-state index contributed by atoms with van der Waals surface area (Å²) in [5.74, 6) is -0.965. The lowest BCUT2D eigenvalue weighted by molar-refractivity contribution is -0.137. The predicted octanol–water partition coefficient (Wildman–Crippen LogP) is 5.35. The molecule has 0 saturated heterocycles. The van der Waals surface area contributed by atoms with Crippen molar-refractivity contribution >= 4 is 23.1 Å². The minimum atomic E-state index is -4.52. The molecule has 1 N–H and O–H groups in total. The van der Waals surface area contributed by atoms with Crippen molar-refractivity contribution in [3.63, 3.8) is 0 Å². The zero-order chi connectivity index (χ0) is 19.6. The topological polar surface area (TPSA) is 29.1 Å². The van der Waals surface area contributed by atoms with Crippen molar-refractivity contribution in [3.05, 3.63) is 88.7 Å². The van der Waals surface area contributed by atoms with E-state index in [1.54, 1.807) is 12.1 Å². The maximum absolute atomic E-state index is 14.2. The van der Waals surface area contributed by atoms with Crippen LogP contribution in [0.4, 0.5) is 17.6 Å². The van der Waals surface area contributed by atoms with Gasteiger partial charge in [0.05, 0.1) is 16.2 Å². The van der Waals surface area contributed by atoms with Gasteiger partial charge in [0.1, 0.15) is 11.1 Å². The smallest absolute Gasteiger partial charge is 0.376 e. The second kappa shape index (κ2) is 7.60. The van der Waals surface area contributed by atoms with Crippen LogP contribution in [0.5, 0.6) is 0 Å². The van der Waals surface area contributed by atoms with E-state index in [-0.39, 0.29) is 16.7 Å². The summed E-state index contributed by atoms with van der Waals surface area (Å²) in [6.07, 6.45) is -2.96. The molecule has 1 unspecified atom stereocenters. The van der Waals surface area contributed by atoms with E-state index in [2.05, 4.69) is 11.9 Å². The SMILES string of the molecule is C=CCNC1=C(c2cccc(C(F)(F)F)c2)C(=O)C(c2ccccc2F)S1. The zero-order valence-corrected chi connectivity index (χ0v) is 14.8. The average molecular weight is 393 g/mol. The number of benzene rings is 2. The summed E-state index contributed by atoms with van der Waals surface area (Å²) < 4.78 is 53.4. The highest BCUT2D eigenvalue weighted by atomic mass is 32.2. The van der Waals surface area contributed by atoms with Gasteiger partial charge in [-0.2, -0.15) is 13.2 Å². The largest absolute Gasteiger partial charge is 0.416 e. The van der Waals surface area contributed by atoms with Crippen LogP contribution in [-0.4, -0.2) is 12.3 Å². The number of carbonyl (C=O) groups is 1. The third-order valence-corrected chi connectivity index (χ3v) is 5.31. The fourth-order valence-corrected chi connectivity index (χ4v) is 4.07. The second-order valence-corrected chi connectivity index (χ2v) is 6.95. The molecule has 0 bridgehead atoms. The van der Waals surface area contributed by atoms with Crippen LogP contribution in [0, 0.1) is 5.82 Å². The van der Waals surface area contributed by atoms with Gasteiger partial charge in [-0.3, -0.25) is 4.79 Å². The molecule has 27 heavy (non-hydrogen) atoms. The average Bonchev–Trinajstić information content (AvgIpc) is 2.96. The number of Topliss-reactive ketones (excluding diaryl/α,β-unsaturated/α-hetero) is 1. The highest BCUT2D eigenvalue weighted by Gasteiger charge is 2.38. The zero-order valence-electron chi connectivity index (χ0n) is 14.0. The number of thioether (sulfide) groups is 1. The molecule has 0 spiro atoms. The molecule has 1 aliphatic rings. The number of hydrogen-bond acceptors (Lipinski definition) is 3. The van der Waals surface area contributed by atoms with Crippen molar-refractivity contribution in [3.8, 4) is 0 Å². The lowest BCUT2D eigenvalue weighted by Gasteiger charge is -2.11. The summed E-state index contributed by atoms with van der Waals surface area (Å²) in [4.78, 5) is 13.0. The first kappa shape index (κ1) is 19.2. The quantitative estimate of drug-likeness (QED) is 0.549. The summed E-state index contributed by atoms with van der Waals surface area (Å²) in [5.41, 5.74) is -0.371. The summed E-state index contributed by atoms with van der Waals surface area (Å²) in [7, 11) is 0. The second-order valence-electron chi connectivity index (χ2n) is 5.84. The van der Waals surface area contributed by atoms with Crippen molar-refractivity contribution in [1.29, 1.82) is 0 Å². The number of rotatable bonds is 5. The van der Waals surface area contributed by atoms with Crippen LogP contribution in [0.15, 0.2) is 66.2 Å². The Morgan fingerprint density at radius 3 is 2.56 bits per heavy atom. The maximum Gasteiger partial charge on any atom is 0.416 e. The maximum atomic E-state index is 14.2. The van der Waals surface area contributed by atoms with Gasteiger partial charge in [0.25, 0.3) is 0 Å². The lowest BCUT2D eigenvalue weighted by atomic mass is 9.96. The van der Waals surface area contributed by atoms with Gasteiger partial charge in [-0.1, -0.05) is 48.2 Å². The first-order valence-electron chi connectivity index (χ1n) is 8.05. The number of hydrogen-bond donors (Lipinski definition) is 1. The molecule has 0 amide bonds. The molecule has 0 aromatic heterocycles. The molecule has 0 saturated carbocycles. The Balaban J connectivity index is 2.05. The van der Waals surface area contributed by atoms with Crippen molar-refractivity contribution in [1.82, 2.24) is 5.32 Å². The molecular weight excluding hydrogens is 378 g/mol. The summed E-state index contributed by atoms with van der Waals surface area (Å²) in [6.45, 7) is 3.91. The van der Waals surface area contributed by atoms with Crippen LogP contribution in [0.1, 0.15) is 21.9 Å². The first-order valence-corrected chi connectivity index (χ1v) is 8.93. The molecule has 0 radical (unpaired) electrons. The molecule has 2 aromatic carbocycles. The third kappa shape index (κ3) is 3.93. The highest BCUT2D eigenvalue weighted by Crippen LogP contribution is 2.48. The van der Waals surface area contributed by atoms with Crippen molar-refractivity contribution in [2.24, 2.45) is 0 Å². The Hall–Kier alpha value is -2.54. The van der Waals surface area contributed by atoms with Gasteiger partial charge in [0.2, 0.25) is 0 Å². The van der Waals surface area contributed by atoms with Crippen LogP contribution >= 0.6 is 11.8 Å². The van der Waals surface area contributed by atoms with Crippen LogP contribution in [0.3, 0.4) is 0 Å². The summed E-state index contributed by atoms with van der Waals surface area (Å²) >= 11 is 1.09. The third-order valence-electron chi connectivity index (χ3n) is 4.02. The number of ketones is 1. The van der Waals surface area contributed by atoms with E-state index in [4.69, 9.17) is 0 Å². The van der Waals surface area contributed by atoms with Gasteiger partial charge < -0.3 is 5.32 Å². The Kier molecular flexibility index (Phi) is 5.41. The molecular formula is C20H15F4NOS. The van der Waals surface area contributed by atoms with Gasteiger partial charge in [-0.15, -0.1) is 6.58 Å². The minimum Gasteiger partial charge on any atom is -0.376 e. The van der Waals surface area contributed by atoms with Gasteiger partial charge >= 0.3 is 6.18 Å². The molecule has 1 heterocycles. The van der Waals surface area contributed by atoms with Gasteiger partial charge in [0, 0.05) is 12.1 Å². The molecule has 2 nitrogen and oxygen atoms in total. The minimum absolute atomic E-state index is 0.126. The van der Waals surface area contributed by atoms with Crippen LogP contribution in [0.2, 0.25) is 0 Å². The van der Waals surface area contributed by atoms with E-state index < -0.39 is 28.6 Å². The van der Waals surface area contributed by atoms with Crippen LogP contribution in [0.25, 0.3) is 5.57 Å². The highest BCUT2D eigenvalue weighted by molar-refractivity contribution is 8.04. The molecule has 140 valence electrons. The van der Waals surface area contributed by atoms with Gasteiger partial charge in [-0.25, -0.2) is 4.39 Å². The van der Waals surface area contributed by atoms with Crippen molar-refractivity contribution in [2.75, 3.05) is 6.54 Å². The Bertz CT molecular complexity index is 920. The Morgan fingerprint density at radius 2 is 1.89 bits per heavy atom. The Morgan fingerprint density at radius 1 is 1.15 bits per heavy atom. The van der Waals surface area contributed by atoms with Crippen molar-refractivity contribution < 1.29 is 22.4 Å². The van der Waals surface area contributed by atoms with E-state index in [1.165, 1.54) is 30.3 Å². The van der Waals surface area contributed by atoms with E-state index in [1.807, 2.05) is 0 Å². The van der Waals surface area contributed by atoms with Crippen LogP contribution in [-0.2, 0) is 11.0 Å². The monoisotopic (exact) mass is 393 g/mol. The molecule has 0 aliphatic carbocycles. The number of carbonyl (C=O) groups excluding carboxylic acids is 1. The van der Waals surface area contributed by atoms with Crippen LogP contribution < -0.4 is 5.32 Å². The summed E-state index contributed by atoms with van der Waals surface area (Å²) in [6, 6.07) is 10.5. The molecule has 1 atom stereocenters.